The summed E-state index contributed by atoms with van der Waals surface area (Å²) in [7, 11) is 0. The van der Waals surface area contributed by atoms with E-state index < -0.39 is 0 Å². The van der Waals surface area contributed by atoms with Crippen LogP contribution in [0.25, 0.3) is 10.9 Å². The van der Waals surface area contributed by atoms with Crippen molar-refractivity contribution in [1.29, 1.82) is 0 Å². The molecule has 3 aromatic carbocycles. The molecule has 0 fully saturated rings. The van der Waals surface area contributed by atoms with Gasteiger partial charge in [-0.1, -0.05) is 24.3 Å². The number of aromatic nitrogens is 1. The fourth-order valence-electron chi connectivity index (χ4n) is 3.80. The Morgan fingerprint density at radius 1 is 0.964 bits per heavy atom. The van der Waals surface area contributed by atoms with Crippen molar-refractivity contribution < 1.29 is 13.9 Å². The van der Waals surface area contributed by atoms with Crippen LogP contribution >= 0.6 is 0 Å². The molecule has 0 spiro atoms. The van der Waals surface area contributed by atoms with Gasteiger partial charge in [0.15, 0.2) is 11.5 Å². The van der Waals surface area contributed by atoms with Gasteiger partial charge < -0.3 is 19.8 Å². The third-order valence-electron chi connectivity index (χ3n) is 5.12. The molecule has 28 heavy (non-hydrogen) atoms. The molecule has 1 aliphatic rings. The number of benzene rings is 3. The number of para-hydroxylation sites is 1. The Labute approximate surface area is 161 Å². The van der Waals surface area contributed by atoms with E-state index in [2.05, 4.69) is 29.4 Å². The van der Waals surface area contributed by atoms with Crippen LogP contribution in [-0.4, -0.2) is 11.8 Å². The molecule has 0 amide bonds. The number of H-pyrrole nitrogens is 1. The second-order valence-corrected chi connectivity index (χ2v) is 6.91. The lowest BCUT2D eigenvalue weighted by Crippen LogP contribution is -2.13. The van der Waals surface area contributed by atoms with Gasteiger partial charge in [-0.05, 0) is 55.0 Å². The van der Waals surface area contributed by atoms with E-state index in [-0.39, 0.29) is 18.7 Å². The van der Waals surface area contributed by atoms with Crippen LogP contribution in [0.15, 0.2) is 66.7 Å². The molecule has 0 radical (unpaired) electrons. The summed E-state index contributed by atoms with van der Waals surface area (Å²) in [5.74, 6) is 1.23. The van der Waals surface area contributed by atoms with Crippen LogP contribution in [0, 0.1) is 12.7 Å². The Morgan fingerprint density at radius 3 is 2.61 bits per heavy atom. The average molecular weight is 374 g/mol. The number of halogens is 1. The Hall–Kier alpha value is -3.47. The first-order chi connectivity index (χ1) is 13.7. The summed E-state index contributed by atoms with van der Waals surface area (Å²) in [6.07, 6.45) is 0. The summed E-state index contributed by atoms with van der Waals surface area (Å²) < 4.78 is 24.4. The van der Waals surface area contributed by atoms with Gasteiger partial charge in [0.25, 0.3) is 0 Å². The lowest BCUT2D eigenvalue weighted by Gasteiger charge is -2.22. The van der Waals surface area contributed by atoms with Crippen LogP contribution in [0.1, 0.15) is 22.9 Å². The number of anilines is 1. The molecule has 4 aromatic rings. The number of ether oxygens (including phenoxy) is 2. The second-order valence-electron chi connectivity index (χ2n) is 6.91. The summed E-state index contributed by atoms with van der Waals surface area (Å²) in [6.45, 7) is 2.31. The third kappa shape index (κ3) is 2.85. The highest BCUT2D eigenvalue weighted by molar-refractivity contribution is 5.86. The van der Waals surface area contributed by atoms with Crippen molar-refractivity contribution in [3.63, 3.8) is 0 Å². The van der Waals surface area contributed by atoms with Crippen LogP contribution in [0.3, 0.4) is 0 Å². The van der Waals surface area contributed by atoms with Crippen LogP contribution in [0.2, 0.25) is 0 Å². The van der Waals surface area contributed by atoms with E-state index in [4.69, 9.17) is 9.47 Å². The summed E-state index contributed by atoms with van der Waals surface area (Å²) >= 11 is 0. The number of hydrogen-bond donors (Lipinski definition) is 2. The molecule has 1 aliphatic heterocycles. The van der Waals surface area contributed by atoms with E-state index in [0.717, 1.165) is 44.9 Å². The monoisotopic (exact) mass is 374 g/mol. The molecule has 5 rings (SSSR count). The minimum atomic E-state index is -0.256. The molecule has 2 heterocycles. The average Bonchev–Trinajstić information content (AvgIpc) is 3.30. The van der Waals surface area contributed by atoms with Crippen molar-refractivity contribution in [2.24, 2.45) is 0 Å². The van der Waals surface area contributed by atoms with Crippen LogP contribution < -0.4 is 14.8 Å². The lowest BCUT2D eigenvalue weighted by molar-refractivity contribution is 0.174. The number of aryl methyl sites for hydroxylation is 1. The minimum absolute atomic E-state index is 0.142. The molecule has 2 N–H and O–H groups in total. The number of nitrogens with one attached hydrogen (secondary N) is 2. The van der Waals surface area contributed by atoms with Crippen LogP contribution in [-0.2, 0) is 0 Å². The maximum absolute atomic E-state index is 13.4. The SMILES string of the molecule is Cc1[nH]c2ccccc2c1C(Nc1ccc(F)cc1)c1ccc2c(c1)OCO2. The van der Waals surface area contributed by atoms with Crippen molar-refractivity contribution in [2.45, 2.75) is 13.0 Å². The predicted octanol–water partition coefficient (Wildman–Crippen LogP) is 5.55. The van der Waals surface area contributed by atoms with E-state index in [0.29, 0.717) is 0 Å². The zero-order valence-corrected chi connectivity index (χ0v) is 15.3. The maximum atomic E-state index is 13.4. The predicted molar refractivity (Wildman–Crippen MR) is 107 cm³/mol. The highest BCUT2D eigenvalue weighted by Gasteiger charge is 2.23. The maximum Gasteiger partial charge on any atom is 0.231 e. The van der Waals surface area contributed by atoms with Crippen molar-refractivity contribution in [3.05, 3.63) is 89.4 Å². The van der Waals surface area contributed by atoms with Crippen molar-refractivity contribution >= 4 is 16.6 Å². The molecule has 1 unspecified atom stereocenters. The lowest BCUT2D eigenvalue weighted by atomic mass is 9.95. The highest BCUT2D eigenvalue weighted by atomic mass is 19.1. The van der Waals surface area contributed by atoms with Gasteiger partial charge in [-0.3, -0.25) is 0 Å². The molecular formula is C23H19FN2O2. The molecule has 140 valence electrons. The van der Waals surface area contributed by atoms with Crippen LogP contribution in [0.5, 0.6) is 11.5 Å². The number of rotatable bonds is 4. The highest BCUT2D eigenvalue weighted by Crippen LogP contribution is 2.39. The summed E-state index contributed by atoms with van der Waals surface area (Å²) in [5, 5.41) is 4.72. The zero-order valence-electron chi connectivity index (χ0n) is 15.3. The van der Waals surface area contributed by atoms with E-state index in [1.807, 2.05) is 30.3 Å². The van der Waals surface area contributed by atoms with E-state index >= 15 is 0 Å². The number of aromatic amines is 1. The molecule has 4 nitrogen and oxygen atoms in total. The van der Waals surface area contributed by atoms with Gasteiger partial charge >= 0.3 is 0 Å². The second kappa shape index (κ2) is 6.60. The van der Waals surface area contributed by atoms with Gasteiger partial charge in [0.2, 0.25) is 6.79 Å². The van der Waals surface area contributed by atoms with Crippen LogP contribution in [0.4, 0.5) is 10.1 Å². The Bertz CT molecular complexity index is 1150. The summed E-state index contributed by atoms with van der Waals surface area (Å²) in [4.78, 5) is 3.47. The quantitative estimate of drug-likeness (QED) is 0.493. The first-order valence-corrected chi connectivity index (χ1v) is 9.18. The van der Waals surface area contributed by atoms with E-state index in [1.54, 1.807) is 12.1 Å². The van der Waals surface area contributed by atoms with Gasteiger partial charge in [0.05, 0.1) is 6.04 Å². The van der Waals surface area contributed by atoms with Gasteiger partial charge in [-0.25, -0.2) is 4.39 Å². The summed E-state index contributed by atoms with van der Waals surface area (Å²) in [5.41, 5.74) is 5.20. The molecule has 1 atom stereocenters. The third-order valence-corrected chi connectivity index (χ3v) is 5.12. The molecule has 0 bridgehead atoms. The Kier molecular flexibility index (Phi) is 3.93. The smallest absolute Gasteiger partial charge is 0.231 e. The van der Waals surface area contributed by atoms with Gasteiger partial charge in [-0.2, -0.15) is 0 Å². The molecule has 0 aliphatic carbocycles. The molecule has 5 heteroatoms. The summed E-state index contributed by atoms with van der Waals surface area (Å²) in [6, 6.07) is 20.5. The van der Waals surface area contributed by atoms with E-state index in [1.165, 1.54) is 12.1 Å². The van der Waals surface area contributed by atoms with Gasteiger partial charge in [-0.15, -0.1) is 0 Å². The number of hydrogen-bond acceptors (Lipinski definition) is 3. The van der Waals surface area contributed by atoms with Crippen molar-refractivity contribution in [1.82, 2.24) is 4.98 Å². The van der Waals surface area contributed by atoms with Gasteiger partial charge in [0, 0.05) is 27.8 Å². The molecular weight excluding hydrogens is 355 g/mol. The topological polar surface area (TPSA) is 46.3 Å². The van der Waals surface area contributed by atoms with Gasteiger partial charge in [0.1, 0.15) is 5.82 Å². The normalized spacial score (nSPS) is 13.6. The first kappa shape index (κ1) is 16.7. The van der Waals surface area contributed by atoms with E-state index in [9.17, 15) is 4.39 Å². The fourth-order valence-corrected chi connectivity index (χ4v) is 3.80. The number of fused-ring (bicyclic) bond motifs is 2. The van der Waals surface area contributed by atoms with Crippen molar-refractivity contribution in [3.8, 4) is 11.5 Å². The molecule has 0 saturated carbocycles. The zero-order chi connectivity index (χ0) is 19.1. The van der Waals surface area contributed by atoms with Crippen molar-refractivity contribution in [2.75, 3.05) is 12.1 Å². The Balaban J connectivity index is 1.65. The molecule has 1 aromatic heterocycles. The largest absolute Gasteiger partial charge is 0.454 e. The molecule has 0 saturated heterocycles. The first-order valence-electron chi connectivity index (χ1n) is 9.18. The fraction of sp³-hybridized carbons (Fsp3) is 0.130. The minimum Gasteiger partial charge on any atom is -0.454 e. The Morgan fingerprint density at radius 2 is 1.75 bits per heavy atom. The standard InChI is InChI=1S/C23H19FN2O2/c1-14-22(18-4-2-3-5-19(18)25-14)23(26-17-9-7-16(24)8-10-17)15-6-11-20-21(12-15)28-13-27-20/h2-12,23,25-26H,13H2,1H3.